The third-order valence-corrected chi connectivity index (χ3v) is 2.70. The Hall–Kier alpha value is -2.67. The fourth-order valence-electron chi connectivity index (χ4n) is 1.70. The van der Waals surface area contributed by atoms with Gasteiger partial charge in [-0.15, -0.1) is 0 Å². The monoisotopic (exact) mass is 288 g/mol. The van der Waals surface area contributed by atoms with Gasteiger partial charge < -0.3 is 20.9 Å². The third-order valence-electron chi connectivity index (χ3n) is 2.70. The summed E-state index contributed by atoms with van der Waals surface area (Å²) < 4.78 is 10.4. The molecular formula is C14H16N4O3. The van der Waals surface area contributed by atoms with E-state index in [2.05, 4.69) is 9.97 Å². The van der Waals surface area contributed by atoms with Gasteiger partial charge in [0, 0.05) is 12.7 Å². The summed E-state index contributed by atoms with van der Waals surface area (Å²) >= 11 is 0. The fourth-order valence-corrected chi connectivity index (χ4v) is 1.70. The summed E-state index contributed by atoms with van der Waals surface area (Å²) in [6.45, 7) is 0.994. The summed E-state index contributed by atoms with van der Waals surface area (Å²) in [4.78, 5) is 19.1. The van der Waals surface area contributed by atoms with Crippen LogP contribution in [0.2, 0.25) is 0 Å². The van der Waals surface area contributed by atoms with Crippen LogP contribution in [0.1, 0.15) is 10.5 Å². The number of benzene rings is 1. The second-order valence-electron chi connectivity index (χ2n) is 4.23. The van der Waals surface area contributed by atoms with Gasteiger partial charge in [0.2, 0.25) is 5.95 Å². The van der Waals surface area contributed by atoms with E-state index in [1.807, 2.05) is 12.1 Å². The Labute approximate surface area is 121 Å². The minimum absolute atomic E-state index is 0.00159. The third kappa shape index (κ3) is 3.90. The number of ether oxygens (including phenoxy) is 2. The van der Waals surface area contributed by atoms with E-state index in [1.165, 1.54) is 6.07 Å². The summed E-state index contributed by atoms with van der Waals surface area (Å²) in [5.74, 6) is 0.0690. The maximum Gasteiger partial charge on any atom is 0.267 e. The predicted octanol–water partition coefficient (Wildman–Crippen LogP) is 0.850. The maximum absolute atomic E-state index is 11.2. The Morgan fingerprint density at radius 2 is 1.90 bits per heavy atom. The molecule has 0 aliphatic carbocycles. The van der Waals surface area contributed by atoms with E-state index in [4.69, 9.17) is 20.9 Å². The molecule has 0 fully saturated rings. The topological polar surface area (TPSA) is 113 Å². The predicted molar refractivity (Wildman–Crippen MR) is 77.8 cm³/mol. The highest BCUT2D eigenvalue weighted by atomic mass is 16.5. The quantitative estimate of drug-likeness (QED) is 0.762. The minimum atomic E-state index is -0.648. The molecule has 1 aromatic carbocycles. The highest BCUT2D eigenvalue weighted by Gasteiger charge is 2.09. The van der Waals surface area contributed by atoms with Crippen LogP contribution in [-0.2, 0) is 4.74 Å². The number of hydrogen-bond acceptors (Lipinski definition) is 6. The average Bonchev–Trinajstić information content (AvgIpc) is 2.47. The van der Waals surface area contributed by atoms with Gasteiger partial charge >= 0.3 is 0 Å². The maximum atomic E-state index is 11.2. The van der Waals surface area contributed by atoms with Crippen LogP contribution < -0.4 is 16.2 Å². The minimum Gasteiger partial charge on any atom is -0.491 e. The molecule has 21 heavy (non-hydrogen) atoms. The number of carbonyl (C=O) groups excluding carboxylic acids is 1. The van der Waals surface area contributed by atoms with E-state index in [1.54, 1.807) is 19.2 Å². The first kappa shape index (κ1) is 14.7. The molecular weight excluding hydrogens is 272 g/mol. The summed E-state index contributed by atoms with van der Waals surface area (Å²) in [5.41, 5.74) is 12.2. The van der Waals surface area contributed by atoms with Gasteiger partial charge in [-0.1, -0.05) is 0 Å². The molecule has 1 amide bonds. The molecule has 0 saturated carbocycles. The standard InChI is InChI=1S/C14H16N4O3/c1-20-6-7-21-10-4-2-9(3-5-10)11-8-12(13(15)19)18-14(16)17-11/h2-5,8H,6-7H2,1H3,(H2,15,19)(H2,16,17,18). The molecule has 0 unspecified atom stereocenters. The van der Waals surface area contributed by atoms with Gasteiger partial charge in [0.1, 0.15) is 18.1 Å². The van der Waals surface area contributed by atoms with Crippen LogP contribution in [-0.4, -0.2) is 36.2 Å². The largest absolute Gasteiger partial charge is 0.491 e. The number of hydrogen-bond donors (Lipinski definition) is 2. The van der Waals surface area contributed by atoms with Crippen molar-refractivity contribution in [2.75, 3.05) is 26.1 Å². The first-order chi connectivity index (χ1) is 10.1. The average molecular weight is 288 g/mol. The van der Waals surface area contributed by atoms with Crippen molar-refractivity contribution < 1.29 is 14.3 Å². The van der Waals surface area contributed by atoms with E-state index in [9.17, 15) is 4.79 Å². The van der Waals surface area contributed by atoms with Gasteiger partial charge in [0.05, 0.1) is 12.3 Å². The number of carbonyl (C=O) groups is 1. The van der Waals surface area contributed by atoms with Crippen LogP contribution in [0.15, 0.2) is 30.3 Å². The van der Waals surface area contributed by atoms with E-state index in [-0.39, 0.29) is 11.6 Å². The lowest BCUT2D eigenvalue weighted by Crippen LogP contribution is -2.15. The lowest BCUT2D eigenvalue weighted by Gasteiger charge is -2.07. The van der Waals surface area contributed by atoms with Crippen molar-refractivity contribution in [3.05, 3.63) is 36.0 Å². The highest BCUT2D eigenvalue weighted by molar-refractivity contribution is 5.92. The summed E-state index contributed by atoms with van der Waals surface area (Å²) in [5, 5.41) is 0. The first-order valence-electron chi connectivity index (χ1n) is 6.26. The number of nitrogen functional groups attached to an aromatic ring is 1. The Morgan fingerprint density at radius 1 is 1.19 bits per heavy atom. The van der Waals surface area contributed by atoms with Crippen LogP contribution >= 0.6 is 0 Å². The number of anilines is 1. The molecule has 0 spiro atoms. The number of nitrogens with two attached hydrogens (primary N) is 2. The molecule has 0 radical (unpaired) electrons. The molecule has 110 valence electrons. The van der Waals surface area contributed by atoms with E-state index < -0.39 is 5.91 Å². The Balaban J connectivity index is 2.20. The number of methoxy groups -OCH3 is 1. The molecule has 1 heterocycles. The summed E-state index contributed by atoms with van der Waals surface area (Å²) in [6, 6.07) is 8.73. The second-order valence-corrected chi connectivity index (χ2v) is 4.23. The van der Waals surface area contributed by atoms with Crippen LogP contribution in [0.4, 0.5) is 5.95 Å². The molecule has 0 bridgehead atoms. The fraction of sp³-hybridized carbons (Fsp3) is 0.214. The van der Waals surface area contributed by atoms with E-state index in [0.717, 1.165) is 5.56 Å². The second kappa shape index (κ2) is 6.67. The van der Waals surface area contributed by atoms with Crippen molar-refractivity contribution in [3.63, 3.8) is 0 Å². The van der Waals surface area contributed by atoms with Crippen LogP contribution in [0, 0.1) is 0 Å². The van der Waals surface area contributed by atoms with Crippen molar-refractivity contribution in [1.29, 1.82) is 0 Å². The van der Waals surface area contributed by atoms with Crippen molar-refractivity contribution >= 4 is 11.9 Å². The van der Waals surface area contributed by atoms with Crippen molar-refractivity contribution in [1.82, 2.24) is 9.97 Å². The summed E-state index contributed by atoms with van der Waals surface area (Å²) in [7, 11) is 1.61. The smallest absolute Gasteiger partial charge is 0.267 e. The van der Waals surface area contributed by atoms with Gasteiger partial charge in [0.25, 0.3) is 5.91 Å². The zero-order chi connectivity index (χ0) is 15.2. The zero-order valence-electron chi connectivity index (χ0n) is 11.6. The molecule has 7 nitrogen and oxygen atoms in total. The van der Waals surface area contributed by atoms with Crippen LogP contribution in [0.3, 0.4) is 0 Å². The van der Waals surface area contributed by atoms with E-state index >= 15 is 0 Å². The van der Waals surface area contributed by atoms with Gasteiger partial charge in [0.15, 0.2) is 0 Å². The lowest BCUT2D eigenvalue weighted by molar-refractivity contribution is 0.0995. The molecule has 2 rings (SSSR count). The molecule has 7 heteroatoms. The van der Waals surface area contributed by atoms with Crippen LogP contribution in [0.5, 0.6) is 5.75 Å². The van der Waals surface area contributed by atoms with Gasteiger partial charge in [-0.3, -0.25) is 4.79 Å². The van der Waals surface area contributed by atoms with Crippen molar-refractivity contribution in [2.45, 2.75) is 0 Å². The number of rotatable bonds is 6. The van der Waals surface area contributed by atoms with E-state index in [0.29, 0.717) is 24.7 Å². The number of aromatic nitrogens is 2. The zero-order valence-corrected chi connectivity index (χ0v) is 11.6. The van der Waals surface area contributed by atoms with Crippen LogP contribution in [0.25, 0.3) is 11.3 Å². The molecule has 2 aromatic rings. The Bertz CT molecular complexity index is 629. The van der Waals surface area contributed by atoms with Gasteiger partial charge in [-0.05, 0) is 30.3 Å². The molecule has 0 atom stereocenters. The van der Waals surface area contributed by atoms with Gasteiger partial charge in [-0.25, -0.2) is 9.97 Å². The lowest BCUT2D eigenvalue weighted by atomic mass is 10.1. The first-order valence-corrected chi connectivity index (χ1v) is 6.26. The number of amides is 1. The number of nitrogens with zero attached hydrogens (tertiary/aromatic N) is 2. The molecule has 4 N–H and O–H groups in total. The van der Waals surface area contributed by atoms with Crippen molar-refractivity contribution in [3.8, 4) is 17.0 Å². The summed E-state index contributed by atoms with van der Waals surface area (Å²) in [6.07, 6.45) is 0. The highest BCUT2D eigenvalue weighted by Crippen LogP contribution is 2.21. The number of primary amides is 1. The molecule has 0 aliphatic rings. The molecule has 0 saturated heterocycles. The normalized spacial score (nSPS) is 10.3. The Morgan fingerprint density at radius 3 is 2.52 bits per heavy atom. The van der Waals surface area contributed by atoms with Crippen molar-refractivity contribution in [2.24, 2.45) is 5.73 Å². The van der Waals surface area contributed by atoms with Gasteiger partial charge in [-0.2, -0.15) is 0 Å². The SMILES string of the molecule is COCCOc1ccc(-c2cc(C(N)=O)nc(N)n2)cc1. The Kier molecular flexibility index (Phi) is 4.68. The molecule has 0 aliphatic heterocycles. The molecule has 1 aromatic heterocycles.